The maximum atomic E-state index is 13.8. The SMILES string of the molecule is COc1ccccc1NC(=O)C1=C(C)Nc2nc(-c3ccc(OC)c(OC)c3)nn2C1c1ccc(C#N)cc1. The molecule has 3 aromatic carbocycles. The Hall–Kier alpha value is -5.30. The lowest BCUT2D eigenvalue weighted by Gasteiger charge is -2.28. The van der Waals surface area contributed by atoms with Crippen LogP contribution >= 0.6 is 0 Å². The lowest BCUT2D eigenvalue weighted by molar-refractivity contribution is -0.113. The summed E-state index contributed by atoms with van der Waals surface area (Å²) in [5.41, 5.74) is 3.60. The van der Waals surface area contributed by atoms with Crippen LogP contribution in [-0.2, 0) is 4.79 Å². The Bertz CT molecular complexity index is 1620. The molecule has 2 heterocycles. The maximum Gasteiger partial charge on any atom is 0.255 e. The highest BCUT2D eigenvalue weighted by Gasteiger charge is 2.35. The van der Waals surface area contributed by atoms with E-state index in [1.54, 1.807) is 62.4 Å². The summed E-state index contributed by atoms with van der Waals surface area (Å²) in [5.74, 6) is 2.27. The molecule has 39 heavy (non-hydrogen) atoms. The zero-order valence-electron chi connectivity index (χ0n) is 21.9. The molecule has 0 saturated carbocycles. The first-order valence-electron chi connectivity index (χ1n) is 12.1. The van der Waals surface area contributed by atoms with E-state index >= 15 is 0 Å². The van der Waals surface area contributed by atoms with Gasteiger partial charge in [0.05, 0.1) is 44.2 Å². The van der Waals surface area contributed by atoms with Crippen LogP contribution in [0, 0.1) is 11.3 Å². The van der Waals surface area contributed by atoms with Gasteiger partial charge in [0.1, 0.15) is 11.8 Å². The van der Waals surface area contributed by atoms with Crippen LogP contribution < -0.4 is 24.8 Å². The largest absolute Gasteiger partial charge is 0.495 e. The summed E-state index contributed by atoms with van der Waals surface area (Å²) in [6, 6.07) is 21.2. The number of methoxy groups -OCH3 is 3. The quantitative estimate of drug-likeness (QED) is 0.356. The summed E-state index contributed by atoms with van der Waals surface area (Å²) in [5, 5.41) is 20.3. The van der Waals surface area contributed by atoms with Crippen molar-refractivity contribution in [3.05, 3.63) is 89.1 Å². The average Bonchev–Trinajstić information content (AvgIpc) is 3.39. The summed E-state index contributed by atoms with van der Waals surface area (Å²) in [7, 11) is 4.69. The molecule has 10 heteroatoms. The third kappa shape index (κ3) is 4.73. The first-order chi connectivity index (χ1) is 19.0. The number of nitrogens with zero attached hydrogens (tertiary/aromatic N) is 4. The number of hydrogen-bond donors (Lipinski definition) is 2. The molecule has 0 fully saturated rings. The van der Waals surface area contributed by atoms with Crippen molar-refractivity contribution in [3.8, 4) is 34.7 Å². The number of nitriles is 1. The molecule has 0 radical (unpaired) electrons. The Kier molecular flexibility index (Phi) is 6.89. The van der Waals surface area contributed by atoms with Gasteiger partial charge in [-0.25, -0.2) is 4.68 Å². The van der Waals surface area contributed by atoms with E-state index < -0.39 is 6.04 Å². The molecule has 1 aliphatic rings. The molecule has 1 aliphatic heterocycles. The Balaban J connectivity index is 1.60. The molecule has 1 unspecified atom stereocenters. The molecule has 2 N–H and O–H groups in total. The minimum Gasteiger partial charge on any atom is -0.495 e. The van der Waals surface area contributed by atoms with Crippen molar-refractivity contribution in [2.45, 2.75) is 13.0 Å². The monoisotopic (exact) mass is 522 g/mol. The summed E-state index contributed by atoms with van der Waals surface area (Å²) < 4.78 is 17.9. The number of rotatable bonds is 7. The van der Waals surface area contributed by atoms with Gasteiger partial charge >= 0.3 is 0 Å². The highest BCUT2D eigenvalue weighted by atomic mass is 16.5. The van der Waals surface area contributed by atoms with Gasteiger partial charge in [0.25, 0.3) is 5.91 Å². The Morgan fingerprint density at radius 3 is 2.38 bits per heavy atom. The van der Waals surface area contributed by atoms with Gasteiger partial charge in [-0.15, -0.1) is 5.10 Å². The number of aromatic nitrogens is 3. The first-order valence-corrected chi connectivity index (χ1v) is 12.1. The van der Waals surface area contributed by atoms with E-state index in [4.69, 9.17) is 24.3 Å². The molecule has 0 bridgehead atoms. The fourth-order valence-electron chi connectivity index (χ4n) is 4.53. The van der Waals surface area contributed by atoms with Crippen molar-refractivity contribution in [1.29, 1.82) is 5.26 Å². The molecular formula is C29H26N6O4. The van der Waals surface area contributed by atoms with Gasteiger partial charge in [0, 0.05) is 11.3 Å². The van der Waals surface area contributed by atoms with E-state index in [0.717, 1.165) is 5.56 Å². The predicted octanol–water partition coefficient (Wildman–Crippen LogP) is 4.77. The average molecular weight is 523 g/mol. The smallest absolute Gasteiger partial charge is 0.255 e. The molecule has 196 valence electrons. The number of amides is 1. The van der Waals surface area contributed by atoms with Crippen LogP contribution in [-0.4, -0.2) is 42.0 Å². The third-order valence-corrected chi connectivity index (χ3v) is 6.45. The van der Waals surface area contributed by atoms with Gasteiger partial charge in [-0.1, -0.05) is 24.3 Å². The summed E-state index contributed by atoms with van der Waals surface area (Å²) >= 11 is 0. The number of ether oxygens (including phenoxy) is 3. The van der Waals surface area contributed by atoms with Crippen LogP contribution in [0.2, 0.25) is 0 Å². The molecule has 10 nitrogen and oxygen atoms in total. The highest BCUT2D eigenvalue weighted by molar-refractivity contribution is 6.06. The topological polar surface area (TPSA) is 123 Å². The van der Waals surface area contributed by atoms with Crippen molar-refractivity contribution < 1.29 is 19.0 Å². The van der Waals surface area contributed by atoms with E-state index in [-0.39, 0.29) is 5.91 Å². The van der Waals surface area contributed by atoms with Crippen LogP contribution in [0.15, 0.2) is 78.0 Å². The van der Waals surface area contributed by atoms with Crippen LogP contribution in [0.4, 0.5) is 11.6 Å². The molecule has 4 aromatic rings. The first kappa shape index (κ1) is 25.4. The van der Waals surface area contributed by atoms with Crippen molar-refractivity contribution in [3.63, 3.8) is 0 Å². The number of carbonyl (C=O) groups excluding carboxylic acids is 1. The predicted molar refractivity (Wildman–Crippen MR) is 146 cm³/mol. The molecule has 0 saturated heterocycles. The number of nitrogens with one attached hydrogen (secondary N) is 2. The number of para-hydroxylation sites is 2. The van der Waals surface area contributed by atoms with Crippen LogP contribution in [0.3, 0.4) is 0 Å². The van der Waals surface area contributed by atoms with Gasteiger partial charge in [-0.3, -0.25) is 4.79 Å². The van der Waals surface area contributed by atoms with Crippen molar-refractivity contribution >= 4 is 17.5 Å². The molecule has 1 amide bonds. The molecule has 0 spiro atoms. The van der Waals surface area contributed by atoms with Gasteiger partial charge in [0.2, 0.25) is 5.95 Å². The Morgan fingerprint density at radius 1 is 0.974 bits per heavy atom. The molecular weight excluding hydrogens is 496 g/mol. The maximum absolute atomic E-state index is 13.8. The second-order valence-corrected chi connectivity index (χ2v) is 8.73. The summed E-state index contributed by atoms with van der Waals surface area (Å²) in [4.78, 5) is 18.5. The summed E-state index contributed by atoms with van der Waals surface area (Å²) in [6.45, 7) is 1.82. The minimum absolute atomic E-state index is 0.326. The van der Waals surface area contributed by atoms with Gasteiger partial charge in [-0.05, 0) is 55.0 Å². The summed E-state index contributed by atoms with van der Waals surface area (Å²) in [6.07, 6.45) is 0. The number of anilines is 2. The normalized spacial score (nSPS) is 14.1. The fourth-order valence-corrected chi connectivity index (χ4v) is 4.53. The standard InChI is InChI=1S/C29H26N6O4/c1-17-25(28(36)32-21-7-5-6-8-22(21)37-2)26(19-11-9-18(16-30)10-12-19)35-29(31-17)33-27(34-35)20-13-14-23(38-3)24(15-20)39-4/h5-15,26H,1-4H3,(H,32,36)(H,31,33,34). The molecule has 1 atom stereocenters. The van der Waals surface area contributed by atoms with E-state index in [1.807, 2.05) is 37.3 Å². The lowest BCUT2D eigenvalue weighted by atomic mass is 9.94. The second kappa shape index (κ2) is 10.6. The van der Waals surface area contributed by atoms with Crippen molar-refractivity contribution in [2.24, 2.45) is 0 Å². The van der Waals surface area contributed by atoms with Crippen LogP contribution in [0.25, 0.3) is 11.4 Å². The third-order valence-electron chi connectivity index (χ3n) is 6.45. The molecule has 0 aliphatic carbocycles. The number of carbonyl (C=O) groups is 1. The Labute approximate surface area is 225 Å². The zero-order chi connectivity index (χ0) is 27.5. The van der Waals surface area contributed by atoms with Gasteiger partial charge in [-0.2, -0.15) is 10.2 Å². The Morgan fingerprint density at radius 2 is 1.69 bits per heavy atom. The van der Waals surface area contributed by atoms with Crippen molar-refractivity contribution in [2.75, 3.05) is 32.0 Å². The van der Waals surface area contributed by atoms with Crippen molar-refractivity contribution in [1.82, 2.24) is 14.8 Å². The second-order valence-electron chi connectivity index (χ2n) is 8.73. The van der Waals surface area contributed by atoms with E-state index in [9.17, 15) is 10.1 Å². The van der Waals surface area contributed by atoms with Gasteiger partial charge < -0.3 is 24.8 Å². The number of fused-ring (bicyclic) bond motifs is 1. The van der Waals surface area contributed by atoms with E-state index in [1.165, 1.54) is 0 Å². The number of benzene rings is 3. The fraction of sp³-hybridized carbons (Fsp3) is 0.172. The zero-order valence-corrected chi connectivity index (χ0v) is 21.9. The highest BCUT2D eigenvalue weighted by Crippen LogP contribution is 2.38. The number of hydrogen-bond acceptors (Lipinski definition) is 8. The van der Waals surface area contributed by atoms with Gasteiger partial charge in [0.15, 0.2) is 17.3 Å². The lowest BCUT2D eigenvalue weighted by Crippen LogP contribution is -2.31. The van der Waals surface area contributed by atoms with Crippen LogP contribution in [0.1, 0.15) is 24.1 Å². The van der Waals surface area contributed by atoms with E-state index in [0.29, 0.717) is 57.1 Å². The van der Waals surface area contributed by atoms with E-state index in [2.05, 4.69) is 16.7 Å². The molecule has 5 rings (SSSR count). The minimum atomic E-state index is -0.620. The van der Waals surface area contributed by atoms with Crippen LogP contribution in [0.5, 0.6) is 17.2 Å². The number of allylic oxidation sites excluding steroid dienone is 1. The molecule has 1 aromatic heterocycles.